The fraction of sp³-hybridized carbons (Fsp3) is 0.333. The molecule has 0 aromatic carbocycles. The number of aromatic amines is 2. The van der Waals surface area contributed by atoms with Crippen molar-refractivity contribution in [2.45, 2.75) is 19.1 Å². The molecule has 0 unspecified atom stereocenters. The Morgan fingerprint density at radius 3 is 2.96 bits per heavy atom. The average Bonchev–Trinajstić information content (AvgIpc) is 3.22. The van der Waals surface area contributed by atoms with E-state index in [0.717, 1.165) is 34.4 Å². The molecule has 24 heavy (non-hydrogen) atoms. The number of hydrogen-bond donors (Lipinski definition) is 3. The fourth-order valence-electron chi connectivity index (χ4n) is 2.08. The predicted octanol–water partition coefficient (Wildman–Crippen LogP) is 2.19. The maximum atomic E-state index is 12.1. The van der Waals surface area contributed by atoms with Gasteiger partial charge < -0.3 is 10.3 Å². The zero-order valence-corrected chi connectivity index (χ0v) is 14.8. The van der Waals surface area contributed by atoms with Crippen molar-refractivity contribution >= 4 is 29.0 Å². The van der Waals surface area contributed by atoms with Crippen molar-refractivity contribution in [1.82, 2.24) is 24.9 Å². The predicted molar refractivity (Wildman–Crippen MR) is 97.8 cm³/mol. The molecule has 126 valence electrons. The van der Waals surface area contributed by atoms with E-state index in [-0.39, 0.29) is 5.56 Å². The van der Waals surface area contributed by atoms with E-state index in [0.29, 0.717) is 17.9 Å². The number of nitrogens with zero attached hydrogens (tertiary/aromatic N) is 3. The minimum atomic E-state index is -0.123. The number of nitrogens with one attached hydrogen (secondary N) is 3. The first-order chi connectivity index (χ1) is 11.7. The number of anilines is 1. The third-order valence-corrected chi connectivity index (χ3v) is 5.16. The number of H-pyrrole nitrogens is 2. The van der Waals surface area contributed by atoms with Crippen molar-refractivity contribution in [3.05, 3.63) is 56.4 Å². The van der Waals surface area contributed by atoms with Crippen molar-refractivity contribution in [1.29, 1.82) is 0 Å². The minimum Gasteiger partial charge on any atom is -0.355 e. The van der Waals surface area contributed by atoms with Gasteiger partial charge in [0.1, 0.15) is 0 Å². The van der Waals surface area contributed by atoms with Crippen molar-refractivity contribution in [2.24, 2.45) is 0 Å². The molecule has 0 saturated carbocycles. The van der Waals surface area contributed by atoms with E-state index in [4.69, 9.17) is 0 Å². The molecule has 0 saturated heterocycles. The van der Waals surface area contributed by atoms with Crippen LogP contribution in [0.2, 0.25) is 0 Å². The van der Waals surface area contributed by atoms with Gasteiger partial charge in [-0.05, 0) is 6.92 Å². The van der Waals surface area contributed by atoms with Gasteiger partial charge in [-0.2, -0.15) is 11.8 Å². The lowest BCUT2D eigenvalue weighted by molar-refractivity contribution is 0.999. The lowest BCUT2D eigenvalue weighted by Gasteiger charge is -2.06. The van der Waals surface area contributed by atoms with Crippen molar-refractivity contribution in [3.63, 3.8) is 0 Å². The number of rotatable bonds is 8. The van der Waals surface area contributed by atoms with E-state index in [9.17, 15) is 4.79 Å². The second kappa shape index (κ2) is 8.11. The molecule has 3 heterocycles. The topological polar surface area (TPSA) is 99.3 Å². The summed E-state index contributed by atoms with van der Waals surface area (Å²) in [6.07, 6.45) is 5.58. The van der Waals surface area contributed by atoms with E-state index in [2.05, 4.69) is 30.2 Å². The summed E-state index contributed by atoms with van der Waals surface area (Å²) in [5.41, 5.74) is 2.69. The van der Waals surface area contributed by atoms with Crippen LogP contribution < -0.4 is 10.9 Å². The molecule has 0 radical (unpaired) electrons. The van der Waals surface area contributed by atoms with E-state index < -0.39 is 0 Å². The smallest absolute Gasteiger partial charge is 0.255 e. The van der Waals surface area contributed by atoms with Gasteiger partial charge in [0.15, 0.2) is 0 Å². The number of aromatic nitrogens is 5. The van der Waals surface area contributed by atoms with Crippen molar-refractivity contribution in [2.75, 3.05) is 17.6 Å². The highest BCUT2D eigenvalue weighted by Gasteiger charge is 2.06. The Morgan fingerprint density at radius 1 is 1.33 bits per heavy atom. The first kappa shape index (κ1) is 16.7. The molecule has 3 N–H and O–H groups in total. The third kappa shape index (κ3) is 4.45. The largest absolute Gasteiger partial charge is 0.355 e. The third-order valence-electron chi connectivity index (χ3n) is 3.41. The Bertz CT molecular complexity index is 827. The summed E-state index contributed by atoms with van der Waals surface area (Å²) in [5.74, 6) is 2.27. The molecular formula is C15H18N6OS2. The standard InChI is InChI=1S/C15H18N6OS2/c1-10-12(20-9-19-10)8-23-4-2-17-15-18-7-11(14(22)21-15)6-13-16-3-5-24-13/h3,5,7,9H,2,4,6,8H2,1H3,(H,19,20)(H2,17,18,21,22). The van der Waals surface area contributed by atoms with Crippen LogP contribution in [0.3, 0.4) is 0 Å². The van der Waals surface area contributed by atoms with Gasteiger partial charge in [0.2, 0.25) is 5.95 Å². The molecule has 0 aliphatic carbocycles. The summed E-state index contributed by atoms with van der Waals surface area (Å²) in [6, 6.07) is 0. The lowest BCUT2D eigenvalue weighted by atomic mass is 10.2. The number of hydrogen-bond acceptors (Lipinski definition) is 7. The van der Waals surface area contributed by atoms with Crippen LogP contribution >= 0.6 is 23.1 Å². The Labute approximate surface area is 147 Å². The molecule has 0 aliphatic rings. The first-order valence-corrected chi connectivity index (χ1v) is 9.53. The Kier molecular flexibility index (Phi) is 5.65. The normalized spacial score (nSPS) is 10.9. The van der Waals surface area contributed by atoms with E-state index in [1.54, 1.807) is 30.5 Å². The monoisotopic (exact) mass is 362 g/mol. The Hall–Kier alpha value is -2.13. The van der Waals surface area contributed by atoms with Gasteiger partial charge in [0.05, 0.1) is 17.0 Å². The van der Waals surface area contributed by atoms with Gasteiger partial charge in [0.25, 0.3) is 5.56 Å². The highest BCUT2D eigenvalue weighted by atomic mass is 32.2. The van der Waals surface area contributed by atoms with Crippen LogP contribution in [0.4, 0.5) is 5.95 Å². The minimum absolute atomic E-state index is 0.123. The van der Waals surface area contributed by atoms with Gasteiger partial charge in [-0.25, -0.2) is 15.0 Å². The molecule has 0 aliphatic heterocycles. The summed E-state index contributed by atoms with van der Waals surface area (Å²) in [7, 11) is 0. The first-order valence-electron chi connectivity index (χ1n) is 7.49. The van der Waals surface area contributed by atoms with Crippen LogP contribution in [0, 0.1) is 6.92 Å². The van der Waals surface area contributed by atoms with Crippen LogP contribution in [0.1, 0.15) is 22.0 Å². The highest BCUT2D eigenvalue weighted by Crippen LogP contribution is 2.12. The Morgan fingerprint density at radius 2 is 2.25 bits per heavy atom. The summed E-state index contributed by atoms with van der Waals surface area (Å²) in [4.78, 5) is 30.6. The number of thiazole rings is 1. The van der Waals surface area contributed by atoms with Crippen LogP contribution in [-0.4, -0.2) is 37.2 Å². The highest BCUT2D eigenvalue weighted by molar-refractivity contribution is 7.98. The van der Waals surface area contributed by atoms with Crippen LogP contribution in [0.25, 0.3) is 0 Å². The second-order valence-corrected chi connectivity index (χ2v) is 7.23. The molecule has 0 fully saturated rings. The maximum absolute atomic E-state index is 12.1. The molecule has 9 heteroatoms. The zero-order valence-electron chi connectivity index (χ0n) is 13.2. The molecule has 0 bridgehead atoms. The quantitative estimate of drug-likeness (QED) is 0.531. The molecule has 3 rings (SSSR count). The number of imidazole rings is 1. The molecule has 3 aromatic rings. The SMILES string of the molecule is Cc1[nH]cnc1CSCCNc1ncc(Cc2nccs2)c(=O)[nH]1. The van der Waals surface area contributed by atoms with Gasteiger partial charge in [-0.3, -0.25) is 9.78 Å². The molecule has 7 nitrogen and oxygen atoms in total. The summed E-state index contributed by atoms with van der Waals surface area (Å²) < 4.78 is 0. The van der Waals surface area contributed by atoms with Gasteiger partial charge >= 0.3 is 0 Å². The van der Waals surface area contributed by atoms with Crippen LogP contribution in [-0.2, 0) is 12.2 Å². The summed E-state index contributed by atoms with van der Waals surface area (Å²) in [6.45, 7) is 2.74. The second-order valence-electron chi connectivity index (χ2n) is 5.14. The molecule has 3 aromatic heterocycles. The van der Waals surface area contributed by atoms with Gasteiger partial charge in [-0.15, -0.1) is 11.3 Å². The van der Waals surface area contributed by atoms with E-state index in [1.165, 1.54) is 11.3 Å². The Balaban J connectivity index is 1.45. The van der Waals surface area contributed by atoms with E-state index in [1.807, 2.05) is 12.3 Å². The van der Waals surface area contributed by atoms with E-state index >= 15 is 0 Å². The zero-order chi connectivity index (χ0) is 16.8. The average molecular weight is 362 g/mol. The number of aryl methyl sites for hydroxylation is 1. The number of thioether (sulfide) groups is 1. The lowest BCUT2D eigenvalue weighted by Crippen LogP contribution is -2.18. The maximum Gasteiger partial charge on any atom is 0.255 e. The molecular weight excluding hydrogens is 344 g/mol. The summed E-state index contributed by atoms with van der Waals surface area (Å²) >= 11 is 3.32. The molecule has 0 spiro atoms. The molecule has 0 amide bonds. The van der Waals surface area contributed by atoms with Crippen molar-refractivity contribution < 1.29 is 0 Å². The van der Waals surface area contributed by atoms with Gasteiger partial charge in [-0.1, -0.05) is 0 Å². The summed E-state index contributed by atoms with van der Waals surface area (Å²) in [5, 5.41) is 5.95. The fourth-order valence-corrected chi connectivity index (χ4v) is 3.60. The molecule has 0 atom stereocenters. The van der Waals surface area contributed by atoms with Gasteiger partial charge in [0, 0.05) is 53.5 Å². The van der Waals surface area contributed by atoms with Crippen LogP contribution in [0.15, 0.2) is 28.9 Å². The van der Waals surface area contributed by atoms with Crippen molar-refractivity contribution in [3.8, 4) is 0 Å². The van der Waals surface area contributed by atoms with Crippen LogP contribution in [0.5, 0.6) is 0 Å².